The van der Waals surface area contributed by atoms with Gasteiger partial charge in [0.05, 0.1) is 0 Å². The summed E-state index contributed by atoms with van der Waals surface area (Å²) >= 11 is 0. The quantitative estimate of drug-likeness (QED) is 0.320. The third-order valence-corrected chi connectivity index (χ3v) is 0.534. The second kappa shape index (κ2) is 3.40. The Morgan fingerprint density at radius 1 is 1.86 bits per heavy atom. The minimum atomic E-state index is -0.178. The van der Waals surface area contributed by atoms with E-state index in [0.29, 0.717) is 12.7 Å². The van der Waals surface area contributed by atoms with Crippen LogP contribution in [0.1, 0.15) is 13.3 Å². The lowest BCUT2D eigenvalue weighted by atomic mass is 10.4. The van der Waals surface area contributed by atoms with E-state index in [-0.39, 0.29) is 5.76 Å². The molecule has 0 aromatic heterocycles. The van der Waals surface area contributed by atoms with Crippen molar-refractivity contribution in [3.05, 3.63) is 11.8 Å². The molecule has 0 bridgehead atoms. The standard InChI is InChI=1S/C5H8O2/c1-2-3-5(7)4-6/h3-4,7H,2H2,1H3. The van der Waals surface area contributed by atoms with E-state index in [0.717, 1.165) is 0 Å². The Kier molecular flexibility index (Phi) is 3.02. The molecule has 0 heterocycles. The van der Waals surface area contributed by atoms with Gasteiger partial charge in [0.15, 0.2) is 12.0 Å². The molecule has 7 heavy (non-hydrogen) atoms. The molecule has 0 fully saturated rings. The lowest BCUT2D eigenvalue weighted by Crippen LogP contribution is -1.77. The van der Waals surface area contributed by atoms with Gasteiger partial charge in [-0.1, -0.05) is 6.92 Å². The van der Waals surface area contributed by atoms with Crippen LogP contribution in [-0.2, 0) is 4.79 Å². The normalized spacial score (nSPS) is 11.3. The average molecular weight is 100 g/mol. The predicted octanol–water partition coefficient (Wildman–Crippen LogP) is 1.04. The highest BCUT2D eigenvalue weighted by molar-refractivity contribution is 5.69. The maximum atomic E-state index is 9.58. The van der Waals surface area contributed by atoms with E-state index in [1.54, 1.807) is 0 Å². The summed E-state index contributed by atoms with van der Waals surface area (Å²) in [6.45, 7) is 1.85. The summed E-state index contributed by atoms with van der Waals surface area (Å²) < 4.78 is 0. The van der Waals surface area contributed by atoms with Crippen LogP contribution in [0.3, 0.4) is 0 Å². The zero-order chi connectivity index (χ0) is 5.70. The molecule has 0 spiro atoms. The first-order valence-corrected chi connectivity index (χ1v) is 2.15. The van der Waals surface area contributed by atoms with Gasteiger partial charge >= 0.3 is 0 Å². The number of hydrogen-bond donors (Lipinski definition) is 1. The molecular weight excluding hydrogens is 92.1 g/mol. The summed E-state index contributed by atoms with van der Waals surface area (Å²) in [4.78, 5) is 9.58. The molecule has 0 unspecified atom stereocenters. The fourth-order valence-corrected chi connectivity index (χ4v) is 0.257. The van der Waals surface area contributed by atoms with Gasteiger partial charge in [-0.25, -0.2) is 0 Å². The summed E-state index contributed by atoms with van der Waals surface area (Å²) in [7, 11) is 0. The zero-order valence-corrected chi connectivity index (χ0v) is 4.22. The molecular formula is C5H8O2. The van der Waals surface area contributed by atoms with Gasteiger partial charge in [-0.05, 0) is 12.5 Å². The average Bonchev–Trinajstić information content (AvgIpc) is 1.68. The van der Waals surface area contributed by atoms with Crippen molar-refractivity contribution in [3.63, 3.8) is 0 Å². The number of hydrogen-bond acceptors (Lipinski definition) is 2. The Labute approximate surface area is 42.5 Å². The topological polar surface area (TPSA) is 37.3 Å². The highest BCUT2D eigenvalue weighted by atomic mass is 16.3. The zero-order valence-electron chi connectivity index (χ0n) is 4.22. The Morgan fingerprint density at radius 3 is 2.57 bits per heavy atom. The fourth-order valence-electron chi connectivity index (χ4n) is 0.257. The molecule has 0 radical (unpaired) electrons. The summed E-state index contributed by atoms with van der Waals surface area (Å²) in [6, 6.07) is 0. The second-order valence-corrected chi connectivity index (χ2v) is 1.16. The minimum Gasteiger partial charge on any atom is -0.505 e. The molecule has 0 rings (SSSR count). The molecule has 0 aliphatic carbocycles. The first kappa shape index (κ1) is 6.21. The molecule has 1 N–H and O–H groups in total. The van der Waals surface area contributed by atoms with Crippen LogP contribution in [0, 0.1) is 0 Å². The summed E-state index contributed by atoms with van der Waals surface area (Å²) in [6.07, 6.45) is 2.57. The number of rotatable bonds is 2. The third-order valence-electron chi connectivity index (χ3n) is 0.534. The number of allylic oxidation sites excluding steroid dienone is 2. The molecule has 2 nitrogen and oxygen atoms in total. The van der Waals surface area contributed by atoms with E-state index >= 15 is 0 Å². The molecule has 0 aromatic carbocycles. The van der Waals surface area contributed by atoms with Gasteiger partial charge in [-0.3, -0.25) is 4.79 Å². The van der Waals surface area contributed by atoms with Gasteiger partial charge in [-0.2, -0.15) is 0 Å². The maximum absolute atomic E-state index is 9.58. The highest BCUT2D eigenvalue weighted by Gasteiger charge is 1.79. The lowest BCUT2D eigenvalue weighted by molar-refractivity contribution is -0.107. The Hall–Kier alpha value is -0.790. The van der Waals surface area contributed by atoms with Gasteiger partial charge in [0, 0.05) is 0 Å². The van der Waals surface area contributed by atoms with Crippen LogP contribution in [-0.4, -0.2) is 11.4 Å². The smallest absolute Gasteiger partial charge is 0.184 e. The first-order valence-electron chi connectivity index (χ1n) is 2.15. The van der Waals surface area contributed by atoms with Crippen molar-refractivity contribution in [1.82, 2.24) is 0 Å². The van der Waals surface area contributed by atoms with E-state index in [2.05, 4.69) is 0 Å². The van der Waals surface area contributed by atoms with E-state index in [1.807, 2.05) is 6.92 Å². The summed E-state index contributed by atoms with van der Waals surface area (Å²) in [5.41, 5.74) is 0. The Balaban J connectivity index is 3.49. The first-order chi connectivity index (χ1) is 3.31. The van der Waals surface area contributed by atoms with Crippen LogP contribution in [0.5, 0.6) is 0 Å². The molecule has 0 aromatic rings. The van der Waals surface area contributed by atoms with Crippen molar-refractivity contribution < 1.29 is 9.90 Å². The van der Waals surface area contributed by atoms with E-state index < -0.39 is 0 Å². The number of aldehydes is 1. The molecule has 0 atom stereocenters. The highest BCUT2D eigenvalue weighted by Crippen LogP contribution is 1.83. The van der Waals surface area contributed by atoms with Crippen molar-refractivity contribution in [2.75, 3.05) is 0 Å². The van der Waals surface area contributed by atoms with E-state index in [9.17, 15) is 4.79 Å². The van der Waals surface area contributed by atoms with Crippen LogP contribution >= 0.6 is 0 Å². The van der Waals surface area contributed by atoms with Gasteiger partial charge in [0.1, 0.15) is 0 Å². The number of aliphatic hydroxyl groups is 1. The van der Waals surface area contributed by atoms with Gasteiger partial charge in [0.2, 0.25) is 0 Å². The van der Waals surface area contributed by atoms with Crippen molar-refractivity contribution in [3.8, 4) is 0 Å². The molecule has 2 heteroatoms. The Morgan fingerprint density at radius 2 is 2.43 bits per heavy atom. The predicted molar refractivity (Wildman–Crippen MR) is 27.1 cm³/mol. The van der Waals surface area contributed by atoms with Crippen molar-refractivity contribution in [1.29, 1.82) is 0 Å². The third kappa shape index (κ3) is 3.03. The fraction of sp³-hybridized carbons (Fsp3) is 0.400. The molecule has 0 aliphatic heterocycles. The largest absolute Gasteiger partial charge is 0.505 e. The van der Waals surface area contributed by atoms with E-state index in [4.69, 9.17) is 5.11 Å². The molecule has 0 amide bonds. The maximum Gasteiger partial charge on any atom is 0.184 e. The molecule has 40 valence electrons. The SMILES string of the molecule is CCC=C(O)C=O. The van der Waals surface area contributed by atoms with Crippen LogP contribution in [0.4, 0.5) is 0 Å². The van der Waals surface area contributed by atoms with E-state index in [1.165, 1.54) is 6.08 Å². The van der Waals surface area contributed by atoms with Crippen molar-refractivity contribution in [2.45, 2.75) is 13.3 Å². The number of carbonyl (C=O) groups is 1. The monoisotopic (exact) mass is 100 g/mol. The van der Waals surface area contributed by atoms with Crippen LogP contribution in [0.15, 0.2) is 11.8 Å². The van der Waals surface area contributed by atoms with Crippen LogP contribution in [0.25, 0.3) is 0 Å². The molecule has 0 saturated heterocycles. The number of carbonyl (C=O) groups excluding carboxylic acids is 1. The van der Waals surface area contributed by atoms with Gasteiger partial charge in [-0.15, -0.1) is 0 Å². The van der Waals surface area contributed by atoms with Crippen LogP contribution < -0.4 is 0 Å². The Bertz CT molecular complexity index is 84.1. The lowest BCUT2D eigenvalue weighted by Gasteiger charge is -1.79. The van der Waals surface area contributed by atoms with Gasteiger partial charge < -0.3 is 5.11 Å². The second-order valence-electron chi connectivity index (χ2n) is 1.16. The summed E-state index contributed by atoms with van der Waals surface area (Å²) in [5, 5.41) is 8.35. The van der Waals surface area contributed by atoms with Gasteiger partial charge in [0.25, 0.3) is 0 Å². The molecule has 0 saturated carbocycles. The minimum absolute atomic E-state index is 0.178. The number of aliphatic hydroxyl groups excluding tert-OH is 1. The molecule has 0 aliphatic rings. The summed E-state index contributed by atoms with van der Waals surface area (Å²) in [5.74, 6) is -0.178. The van der Waals surface area contributed by atoms with Crippen molar-refractivity contribution >= 4 is 6.29 Å². The van der Waals surface area contributed by atoms with Crippen LogP contribution in [0.2, 0.25) is 0 Å². The van der Waals surface area contributed by atoms with Crippen molar-refractivity contribution in [2.24, 2.45) is 0 Å².